The molecule has 4 aliphatic rings. The summed E-state index contributed by atoms with van der Waals surface area (Å²) in [6.45, 7) is 10.3. The van der Waals surface area contributed by atoms with Crippen LogP contribution in [-0.4, -0.2) is 83.2 Å². The summed E-state index contributed by atoms with van der Waals surface area (Å²) >= 11 is 1.91. The fourth-order valence-electron chi connectivity index (χ4n) is 6.03. The van der Waals surface area contributed by atoms with Gasteiger partial charge in [0.2, 0.25) is 0 Å². The standard InChI is InChI=1S/C27H34N6OS/c1-3-22-21(5-8-28-22)23(4-1)33-17-24(32-13-15-34-16-14-32)27-25(18-33)35-26(29-27)19-30-11-6-20(7-12-30)31-9-2-10-31/h1,3-5,8,17,20,28H,2,6-7,9-16,18-19H2. The first kappa shape index (κ1) is 21.9. The lowest BCUT2D eigenvalue weighted by Crippen LogP contribution is -2.50. The number of rotatable bonds is 5. The third kappa shape index (κ3) is 4.16. The van der Waals surface area contributed by atoms with Crippen molar-refractivity contribution in [3.63, 3.8) is 0 Å². The van der Waals surface area contributed by atoms with Crippen molar-refractivity contribution in [1.82, 2.24) is 24.7 Å². The Morgan fingerprint density at radius 1 is 1.03 bits per heavy atom. The SMILES string of the molecule is C1=C(N2CCOCC2)c2nc(CN3CCC(N4CCC4)CC3)sc2CN1c1cccc2[nH]ccc12. The summed E-state index contributed by atoms with van der Waals surface area (Å²) in [6, 6.07) is 9.53. The van der Waals surface area contributed by atoms with Crippen LogP contribution in [0.5, 0.6) is 0 Å². The molecule has 6 heterocycles. The number of nitrogens with one attached hydrogen (secondary N) is 1. The number of hydrogen-bond acceptors (Lipinski definition) is 7. The van der Waals surface area contributed by atoms with Gasteiger partial charge in [-0.25, -0.2) is 4.98 Å². The lowest BCUT2D eigenvalue weighted by molar-refractivity contribution is 0.0611. The molecular formula is C27H34N6OS. The Morgan fingerprint density at radius 3 is 2.69 bits per heavy atom. The zero-order valence-electron chi connectivity index (χ0n) is 20.3. The zero-order chi connectivity index (χ0) is 23.2. The molecule has 7 nitrogen and oxygen atoms in total. The second-order valence-electron chi connectivity index (χ2n) is 10.2. The number of nitrogens with zero attached hydrogens (tertiary/aromatic N) is 5. The maximum absolute atomic E-state index is 5.67. The van der Waals surface area contributed by atoms with E-state index < -0.39 is 0 Å². The fourth-order valence-corrected chi connectivity index (χ4v) is 7.15. The van der Waals surface area contributed by atoms with Gasteiger partial charge in [0.05, 0.1) is 42.6 Å². The maximum atomic E-state index is 5.67. The molecule has 0 saturated carbocycles. The third-order valence-corrected chi connectivity index (χ3v) is 9.16. The van der Waals surface area contributed by atoms with Crippen molar-refractivity contribution < 1.29 is 4.74 Å². The average molecular weight is 491 g/mol. The average Bonchev–Trinajstić information content (AvgIpc) is 3.50. The maximum Gasteiger partial charge on any atom is 0.108 e. The molecule has 184 valence electrons. The van der Waals surface area contributed by atoms with Crippen LogP contribution in [-0.2, 0) is 17.8 Å². The van der Waals surface area contributed by atoms with E-state index in [2.05, 4.69) is 55.0 Å². The lowest BCUT2D eigenvalue weighted by atomic mass is 10.00. The molecule has 3 aromatic rings. The highest BCUT2D eigenvalue weighted by Gasteiger charge is 2.31. The summed E-state index contributed by atoms with van der Waals surface area (Å²) in [5, 5.41) is 2.53. The highest BCUT2D eigenvalue weighted by atomic mass is 32.1. The minimum Gasteiger partial charge on any atom is -0.378 e. The van der Waals surface area contributed by atoms with Crippen molar-refractivity contribution in [1.29, 1.82) is 0 Å². The number of fused-ring (bicyclic) bond motifs is 2. The monoisotopic (exact) mass is 490 g/mol. The number of likely N-dealkylation sites (tertiary alicyclic amines) is 2. The quantitative estimate of drug-likeness (QED) is 0.585. The molecule has 2 aromatic heterocycles. The molecule has 0 atom stereocenters. The molecule has 35 heavy (non-hydrogen) atoms. The summed E-state index contributed by atoms with van der Waals surface area (Å²) in [5.74, 6) is 0. The molecule has 3 fully saturated rings. The largest absolute Gasteiger partial charge is 0.378 e. The normalized spacial score (nSPS) is 22.3. The van der Waals surface area contributed by atoms with E-state index in [0.29, 0.717) is 0 Å². The Labute approximate surface area is 211 Å². The van der Waals surface area contributed by atoms with Crippen molar-refractivity contribution >= 4 is 33.6 Å². The topological polar surface area (TPSA) is 50.9 Å². The molecule has 0 bridgehead atoms. The summed E-state index contributed by atoms with van der Waals surface area (Å²) in [6.07, 6.45) is 8.36. The molecule has 0 unspecified atom stereocenters. The minimum atomic E-state index is 0.781. The van der Waals surface area contributed by atoms with E-state index >= 15 is 0 Å². The van der Waals surface area contributed by atoms with E-state index in [9.17, 15) is 0 Å². The summed E-state index contributed by atoms with van der Waals surface area (Å²) in [4.78, 5) is 20.2. The van der Waals surface area contributed by atoms with E-state index in [0.717, 1.165) is 45.4 Å². The van der Waals surface area contributed by atoms with Crippen molar-refractivity contribution in [2.24, 2.45) is 0 Å². The number of anilines is 1. The van der Waals surface area contributed by atoms with Gasteiger partial charge in [0.15, 0.2) is 0 Å². The number of piperidine rings is 1. The predicted molar refractivity (Wildman–Crippen MR) is 141 cm³/mol. The van der Waals surface area contributed by atoms with E-state index in [1.165, 1.54) is 83.3 Å². The van der Waals surface area contributed by atoms with Crippen LogP contribution < -0.4 is 4.90 Å². The van der Waals surface area contributed by atoms with Gasteiger partial charge in [-0.05, 0) is 50.6 Å². The van der Waals surface area contributed by atoms with Crippen molar-refractivity contribution in [2.45, 2.75) is 38.4 Å². The molecular weight excluding hydrogens is 456 g/mol. The first-order valence-electron chi connectivity index (χ1n) is 13.1. The summed E-state index contributed by atoms with van der Waals surface area (Å²) < 4.78 is 5.67. The minimum absolute atomic E-state index is 0.781. The second-order valence-corrected chi connectivity index (χ2v) is 11.4. The highest BCUT2D eigenvalue weighted by molar-refractivity contribution is 7.11. The molecule has 4 aliphatic heterocycles. The van der Waals surface area contributed by atoms with Crippen LogP contribution in [0.15, 0.2) is 36.7 Å². The molecule has 0 radical (unpaired) electrons. The Balaban J connectivity index is 1.15. The van der Waals surface area contributed by atoms with E-state index in [1.54, 1.807) is 0 Å². The first-order valence-corrected chi connectivity index (χ1v) is 14.0. The van der Waals surface area contributed by atoms with Crippen LogP contribution in [0.1, 0.15) is 34.8 Å². The summed E-state index contributed by atoms with van der Waals surface area (Å²) in [5.41, 5.74) is 4.88. The van der Waals surface area contributed by atoms with Crippen molar-refractivity contribution in [3.05, 3.63) is 52.2 Å². The molecule has 3 saturated heterocycles. The smallest absolute Gasteiger partial charge is 0.108 e. The van der Waals surface area contributed by atoms with Gasteiger partial charge in [-0.1, -0.05) is 6.07 Å². The number of aromatic amines is 1. The number of aromatic nitrogens is 2. The Morgan fingerprint density at radius 2 is 1.89 bits per heavy atom. The molecule has 8 heteroatoms. The van der Waals surface area contributed by atoms with Gasteiger partial charge in [-0.2, -0.15) is 0 Å². The molecule has 0 aliphatic carbocycles. The second kappa shape index (κ2) is 9.24. The predicted octanol–water partition coefficient (Wildman–Crippen LogP) is 3.95. The number of morpholine rings is 1. The molecule has 0 amide bonds. The number of H-pyrrole nitrogens is 1. The van der Waals surface area contributed by atoms with Crippen LogP contribution in [0.3, 0.4) is 0 Å². The van der Waals surface area contributed by atoms with Gasteiger partial charge in [-0.3, -0.25) is 4.90 Å². The van der Waals surface area contributed by atoms with Gasteiger partial charge >= 0.3 is 0 Å². The highest BCUT2D eigenvalue weighted by Crippen LogP contribution is 2.38. The van der Waals surface area contributed by atoms with Gasteiger partial charge in [-0.15, -0.1) is 11.3 Å². The zero-order valence-corrected chi connectivity index (χ0v) is 21.1. The molecule has 0 spiro atoms. The van der Waals surface area contributed by atoms with Crippen LogP contribution >= 0.6 is 11.3 Å². The van der Waals surface area contributed by atoms with Crippen molar-refractivity contribution in [2.75, 3.05) is 57.4 Å². The van der Waals surface area contributed by atoms with Crippen LogP contribution in [0.2, 0.25) is 0 Å². The Hall–Kier alpha value is -2.39. The van der Waals surface area contributed by atoms with E-state index in [4.69, 9.17) is 9.72 Å². The molecule has 7 rings (SSSR count). The van der Waals surface area contributed by atoms with Crippen LogP contribution in [0.25, 0.3) is 16.6 Å². The van der Waals surface area contributed by atoms with Gasteiger partial charge in [0.25, 0.3) is 0 Å². The Bertz CT molecular complexity index is 1220. The van der Waals surface area contributed by atoms with E-state index in [1.807, 2.05) is 17.5 Å². The van der Waals surface area contributed by atoms with E-state index in [-0.39, 0.29) is 0 Å². The fraction of sp³-hybridized carbons (Fsp3) is 0.519. The van der Waals surface area contributed by atoms with Crippen LogP contribution in [0, 0.1) is 0 Å². The van der Waals surface area contributed by atoms with Crippen molar-refractivity contribution in [3.8, 4) is 0 Å². The van der Waals surface area contributed by atoms with Gasteiger partial charge in [0, 0.05) is 55.5 Å². The first-order chi connectivity index (χ1) is 17.3. The molecule has 1 aromatic carbocycles. The van der Waals surface area contributed by atoms with Crippen LogP contribution in [0.4, 0.5) is 5.69 Å². The number of ether oxygens (including phenoxy) is 1. The number of hydrogen-bond donors (Lipinski definition) is 1. The Kier molecular flexibility index (Phi) is 5.77. The number of thiazole rings is 1. The van der Waals surface area contributed by atoms with Gasteiger partial charge < -0.3 is 24.4 Å². The van der Waals surface area contributed by atoms with Gasteiger partial charge in [0.1, 0.15) is 10.7 Å². The summed E-state index contributed by atoms with van der Waals surface area (Å²) in [7, 11) is 0. The molecule has 1 N–H and O–H groups in total. The lowest BCUT2D eigenvalue weighted by Gasteiger charge is -2.42. The third-order valence-electron chi connectivity index (χ3n) is 8.13. The number of benzene rings is 1.